The zero-order valence-electron chi connectivity index (χ0n) is 14.8. The second-order valence-corrected chi connectivity index (χ2v) is 24.5. The van der Waals surface area contributed by atoms with Gasteiger partial charge in [0.2, 0.25) is 0 Å². The molecule has 2 aliphatic carbocycles. The van der Waals surface area contributed by atoms with Crippen LogP contribution in [0.1, 0.15) is 30.0 Å². The molecule has 0 unspecified atom stereocenters. The van der Waals surface area contributed by atoms with Crippen molar-refractivity contribution in [2.75, 3.05) is 0 Å². The van der Waals surface area contributed by atoms with Gasteiger partial charge in [0.1, 0.15) is 0 Å². The van der Waals surface area contributed by atoms with Crippen LogP contribution in [0.15, 0.2) is 69.5 Å². The molecule has 0 nitrogen and oxygen atoms in total. The fraction of sp³-hybridized carbons (Fsp3) is 0.238. The first-order chi connectivity index (χ1) is 11.1. The minimum absolute atomic E-state index is 0. The Kier molecular flexibility index (Phi) is 6.77. The smallest absolute Gasteiger partial charge is 1.00 e. The summed E-state index contributed by atoms with van der Waals surface area (Å²) in [7, 11) is 0. The van der Waals surface area contributed by atoms with Crippen LogP contribution in [0.25, 0.3) is 11.1 Å². The Hall–Kier alpha value is -0.400. The van der Waals surface area contributed by atoms with Crippen molar-refractivity contribution in [2.45, 2.75) is 32.0 Å². The normalized spacial score (nSPS) is 15.2. The van der Waals surface area contributed by atoms with Crippen LogP contribution in [0, 0.1) is 0 Å². The van der Waals surface area contributed by atoms with Crippen LogP contribution in [-0.2, 0) is 22.4 Å². The molecule has 0 N–H and O–H groups in total. The van der Waals surface area contributed by atoms with Crippen LogP contribution < -0.4 is 24.8 Å². The Bertz CT molecular complexity index is 794. The van der Waals surface area contributed by atoms with E-state index in [1.807, 2.05) is 3.28 Å². The van der Waals surface area contributed by atoms with E-state index in [1.165, 1.54) is 23.1 Å². The van der Waals surface area contributed by atoms with E-state index in [9.17, 15) is 0 Å². The predicted molar refractivity (Wildman–Crippen MR) is 97.7 cm³/mol. The van der Waals surface area contributed by atoms with E-state index in [1.54, 1.807) is 11.1 Å². The number of halogens is 2. The Morgan fingerprint density at radius 1 is 0.880 bits per heavy atom. The van der Waals surface area contributed by atoms with Gasteiger partial charge in [0, 0.05) is 0 Å². The fourth-order valence-electron chi connectivity index (χ4n) is 4.17. The van der Waals surface area contributed by atoms with E-state index in [2.05, 4.69) is 80.7 Å². The fourth-order valence-corrected chi connectivity index (χ4v) is 18.9. The van der Waals surface area contributed by atoms with Gasteiger partial charge in [-0.15, -0.1) is 0 Å². The molecule has 128 valence electrons. The summed E-state index contributed by atoms with van der Waals surface area (Å²) >= 11 is -0.507. The Morgan fingerprint density at radius 3 is 1.88 bits per heavy atom. The minimum atomic E-state index is -1.30. The first-order valence-electron chi connectivity index (χ1n) is 8.40. The van der Waals surface area contributed by atoms with Crippen molar-refractivity contribution < 1.29 is 47.2 Å². The molecule has 2 aromatic carbocycles. The number of benzene rings is 2. The summed E-state index contributed by atoms with van der Waals surface area (Å²) in [6.07, 6.45) is 6.15. The minimum Gasteiger partial charge on any atom is -1.00 e. The number of rotatable bonds is 3. The van der Waals surface area contributed by atoms with Crippen molar-refractivity contribution in [3.8, 4) is 11.1 Å². The van der Waals surface area contributed by atoms with Gasteiger partial charge in [-0.1, -0.05) is 0 Å². The molecule has 0 saturated heterocycles. The summed E-state index contributed by atoms with van der Waals surface area (Å²) in [5.74, 6) is 0. The monoisotopic (exact) mass is 462 g/mol. The Labute approximate surface area is 175 Å². The third-order valence-electron chi connectivity index (χ3n) is 5.08. The zero-order valence-corrected chi connectivity index (χ0v) is 19.8. The largest absolute Gasteiger partial charge is 1.00 e. The molecule has 0 spiro atoms. The van der Waals surface area contributed by atoms with Gasteiger partial charge in [0.25, 0.3) is 0 Å². The van der Waals surface area contributed by atoms with Gasteiger partial charge in [-0.05, 0) is 0 Å². The first kappa shape index (κ1) is 20.9. The van der Waals surface area contributed by atoms with E-state index >= 15 is 0 Å². The summed E-state index contributed by atoms with van der Waals surface area (Å²) in [6, 6.07) is 18.3. The summed E-state index contributed by atoms with van der Waals surface area (Å²) in [5.41, 5.74) is 8.37. The van der Waals surface area contributed by atoms with E-state index < -0.39 is 27.6 Å². The molecule has 0 fully saturated rings. The molecule has 25 heavy (non-hydrogen) atoms. The van der Waals surface area contributed by atoms with Gasteiger partial charge in [-0.25, -0.2) is 0 Å². The maximum Gasteiger partial charge on any atom is -1.00 e. The van der Waals surface area contributed by atoms with E-state index in [4.69, 9.17) is 0 Å². The number of fused-ring (bicyclic) bond motifs is 3. The molecule has 0 bridgehead atoms. The molecule has 0 aromatic heterocycles. The molecule has 0 atom stereocenters. The number of hydrogen-bond acceptors (Lipinski definition) is 0. The quantitative estimate of drug-likeness (QED) is 0.556. The number of hydrogen-bond donors (Lipinski definition) is 0. The van der Waals surface area contributed by atoms with Crippen LogP contribution in [0.3, 0.4) is 0 Å². The maximum absolute atomic E-state index is 2.65. The van der Waals surface area contributed by atoms with Crippen LogP contribution in [0.4, 0.5) is 0 Å². The summed E-state index contributed by atoms with van der Waals surface area (Å²) in [5, 5.41) is -1.30. The molecule has 0 radical (unpaired) electrons. The Morgan fingerprint density at radius 2 is 1.40 bits per heavy atom. The average molecular weight is 465 g/mol. The summed E-state index contributed by atoms with van der Waals surface area (Å²) < 4.78 is 1.81. The molecule has 0 amide bonds. The molecular formula is C21H22Cl2SiZr. The second-order valence-electron chi connectivity index (χ2n) is 7.28. The molecule has 4 heteroatoms. The molecule has 0 saturated carbocycles. The van der Waals surface area contributed by atoms with Crippen LogP contribution in [0.2, 0.25) is 13.1 Å². The second kappa shape index (κ2) is 8.09. The van der Waals surface area contributed by atoms with Crippen molar-refractivity contribution in [3.63, 3.8) is 0 Å². The van der Waals surface area contributed by atoms with E-state index in [0.717, 1.165) is 0 Å². The van der Waals surface area contributed by atoms with Crippen molar-refractivity contribution in [3.05, 3.63) is 80.7 Å². The molecular weight excluding hydrogens is 442 g/mol. The topological polar surface area (TPSA) is 0 Å². The maximum atomic E-state index is 2.65. The third kappa shape index (κ3) is 3.83. The van der Waals surface area contributed by atoms with Crippen LogP contribution in [-0.4, -0.2) is 5.20 Å². The molecule has 4 rings (SSSR count). The van der Waals surface area contributed by atoms with Crippen molar-refractivity contribution in [1.29, 1.82) is 0 Å². The summed E-state index contributed by atoms with van der Waals surface area (Å²) in [6.45, 7) is 7.55. The standard InChI is InChI=1S/C15H15Si.C6H7.2ClH.Zr/c1-16(2)15-13-9-5-3-7-11(13)12-8-4-6-10-14(12)15;1-6-4-2-3-5-6;;;/h3-10,15H,1-2H3;4-5H,2H2,1H3;2*1H;/q;;;;+2/p-2. The number of allylic oxidation sites excluding steroid dienone is 4. The van der Waals surface area contributed by atoms with E-state index in [0.29, 0.717) is 5.54 Å². The van der Waals surface area contributed by atoms with Gasteiger partial charge in [-0.2, -0.15) is 0 Å². The Balaban J connectivity index is 0.00000113. The van der Waals surface area contributed by atoms with Gasteiger partial charge in [-0.3, -0.25) is 0 Å². The average Bonchev–Trinajstić information content (AvgIpc) is 3.08. The van der Waals surface area contributed by atoms with Gasteiger partial charge >= 0.3 is 151 Å². The van der Waals surface area contributed by atoms with Crippen molar-refractivity contribution in [1.82, 2.24) is 0 Å². The van der Waals surface area contributed by atoms with Gasteiger partial charge < -0.3 is 24.8 Å². The van der Waals surface area contributed by atoms with E-state index in [-0.39, 0.29) is 24.8 Å². The SMILES string of the molecule is CC1=CC[C]([Zr+2][Si](C)(C)C2c3ccccc3-c3ccccc32)=C1.[Cl-].[Cl-]. The van der Waals surface area contributed by atoms with Crippen molar-refractivity contribution in [2.24, 2.45) is 0 Å². The molecule has 2 aromatic rings. The van der Waals surface area contributed by atoms with Crippen molar-refractivity contribution >= 4 is 5.20 Å². The first-order valence-corrected chi connectivity index (χ1v) is 16.4. The van der Waals surface area contributed by atoms with Crippen LogP contribution >= 0.6 is 0 Å². The summed E-state index contributed by atoms with van der Waals surface area (Å²) in [4.78, 5) is 0. The van der Waals surface area contributed by atoms with Crippen LogP contribution in [0.5, 0.6) is 0 Å². The third-order valence-corrected chi connectivity index (χ3v) is 18.2. The van der Waals surface area contributed by atoms with Gasteiger partial charge in [0.05, 0.1) is 0 Å². The molecule has 0 aliphatic heterocycles. The van der Waals surface area contributed by atoms with Gasteiger partial charge in [0.15, 0.2) is 0 Å². The predicted octanol–water partition coefficient (Wildman–Crippen LogP) is -0.132. The zero-order chi connectivity index (χ0) is 16.0. The molecule has 2 aliphatic rings. The molecule has 0 heterocycles.